The molecule has 0 unspecified atom stereocenters. The van der Waals surface area contributed by atoms with Gasteiger partial charge in [-0.05, 0) is 11.6 Å². The fraction of sp³-hybridized carbons (Fsp3) is 0.286. The molecule has 2 atom stereocenters. The second-order valence-corrected chi connectivity index (χ2v) is 3.55. The number of ether oxygens (including phenoxy) is 2. The van der Waals surface area contributed by atoms with Crippen LogP contribution < -0.4 is 4.74 Å². The summed E-state index contributed by atoms with van der Waals surface area (Å²) in [6.07, 6.45) is 1.98. The van der Waals surface area contributed by atoms with Gasteiger partial charge in [0.15, 0.2) is 0 Å². The van der Waals surface area contributed by atoms with E-state index < -0.39 is 12.2 Å². The lowest BCUT2D eigenvalue weighted by molar-refractivity contribution is 0.0161. The van der Waals surface area contributed by atoms with Crippen molar-refractivity contribution in [2.45, 2.75) is 12.2 Å². The van der Waals surface area contributed by atoms with Crippen molar-refractivity contribution in [3.8, 4) is 5.75 Å². The molecule has 1 rings (SSSR count). The highest BCUT2D eigenvalue weighted by Crippen LogP contribution is 2.30. The molecule has 1 N–H and O–H groups in total. The predicted octanol–water partition coefficient (Wildman–Crippen LogP) is 2.57. The van der Waals surface area contributed by atoms with Crippen molar-refractivity contribution in [2.75, 3.05) is 14.2 Å². The van der Waals surface area contributed by atoms with Gasteiger partial charge in [-0.2, -0.15) is 0 Å². The molecule has 0 heterocycles. The first-order valence-electron chi connectivity index (χ1n) is 5.32. The molecule has 3 nitrogen and oxygen atoms in total. The summed E-state index contributed by atoms with van der Waals surface area (Å²) in [4.78, 5) is 0. The van der Waals surface area contributed by atoms with Crippen molar-refractivity contribution in [1.29, 1.82) is 0 Å². The van der Waals surface area contributed by atoms with Gasteiger partial charge >= 0.3 is 0 Å². The molecule has 0 bridgehead atoms. The number of methoxy groups -OCH3 is 2. The molecule has 0 aromatic heterocycles. The highest BCUT2D eigenvalue weighted by atomic mass is 16.5. The monoisotopic (exact) mass is 234 g/mol. The van der Waals surface area contributed by atoms with E-state index in [4.69, 9.17) is 9.47 Å². The zero-order chi connectivity index (χ0) is 12.8. The van der Waals surface area contributed by atoms with Crippen molar-refractivity contribution < 1.29 is 14.6 Å². The van der Waals surface area contributed by atoms with Gasteiger partial charge in [-0.1, -0.05) is 30.9 Å². The molecule has 0 amide bonds. The minimum absolute atomic E-state index is 0.458. The third-order valence-corrected chi connectivity index (χ3v) is 2.66. The van der Waals surface area contributed by atoms with Gasteiger partial charge in [0, 0.05) is 12.7 Å². The smallest absolute Gasteiger partial charge is 0.126 e. The van der Waals surface area contributed by atoms with Crippen LogP contribution in [0, 0.1) is 0 Å². The zero-order valence-corrected chi connectivity index (χ0v) is 10.2. The standard InChI is InChI=1S/C14H18O3/c1-5-10-11(8-7-9-13(10)17-4)14(15)12(6-2)16-3/h5-9,12,14-15H,1-2H2,3-4H3/t12-,14-/m1/s1. The molecule has 3 heteroatoms. The maximum Gasteiger partial charge on any atom is 0.126 e. The molecule has 0 radical (unpaired) electrons. The fourth-order valence-corrected chi connectivity index (χ4v) is 1.75. The minimum atomic E-state index is -0.791. The zero-order valence-electron chi connectivity index (χ0n) is 10.2. The molecule has 0 aliphatic heterocycles. The first-order chi connectivity index (χ1) is 8.19. The van der Waals surface area contributed by atoms with E-state index in [1.165, 1.54) is 7.11 Å². The molecule has 1 aromatic rings. The highest BCUT2D eigenvalue weighted by Gasteiger charge is 2.21. The van der Waals surface area contributed by atoms with Gasteiger partial charge in [0.2, 0.25) is 0 Å². The molecule has 92 valence electrons. The predicted molar refractivity (Wildman–Crippen MR) is 69.0 cm³/mol. The normalized spacial score (nSPS) is 13.8. The Morgan fingerprint density at radius 1 is 1.29 bits per heavy atom. The molecular weight excluding hydrogens is 216 g/mol. The number of rotatable bonds is 6. The number of hydrogen-bond acceptors (Lipinski definition) is 3. The van der Waals surface area contributed by atoms with Gasteiger partial charge in [0.25, 0.3) is 0 Å². The second-order valence-electron chi connectivity index (χ2n) is 3.55. The van der Waals surface area contributed by atoms with Crippen LogP contribution in [-0.4, -0.2) is 25.4 Å². The number of aliphatic hydroxyl groups is 1. The van der Waals surface area contributed by atoms with Crippen LogP contribution in [-0.2, 0) is 4.74 Å². The van der Waals surface area contributed by atoms with Gasteiger partial charge in [-0.3, -0.25) is 0 Å². The first kappa shape index (κ1) is 13.5. The lowest BCUT2D eigenvalue weighted by Crippen LogP contribution is -2.19. The Kier molecular flexibility index (Phi) is 4.94. The largest absolute Gasteiger partial charge is 0.496 e. The Labute approximate surface area is 102 Å². The van der Waals surface area contributed by atoms with Gasteiger partial charge in [-0.25, -0.2) is 0 Å². The lowest BCUT2D eigenvalue weighted by Gasteiger charge is -2.21. The molecule has 17 heavy (non-hydrogen) atoms. The summed E-state index contributed by atoms with van der Waals surface area (Å²) in [5.74, 6) is 0.676. The summed E-state index contributed by atoms with van der Waals surface area (Å²) in [6, 6.07) is 5.46. The first-order valence-corrected chi connectivity index (χ1v) is 5.32. The van der Waals surface area contributed by atoms with Crippen LogP contribution in [0.15, 0.2) is 37.4 Å². The van der Waals surface area contributed by atoms with Crippen molar-refractivity contribution in [2.24, 2.45) is 0 Å². The Balaban J connectivity index is 3.20. The summed E-state index contributed by atoms with van der Waals surface area (Å²) in [7, 11) is 3.11. The Morgan fingerprint density at radius 2 is 2.00 bits per heavy atom. The van der Waals surface area contributed by atoms with Crippen LogP contribution in [0.5, 0.6) is 5.75 Å². The summed E-state index contributed by atoms with van der Waals surface area (Å²) in [5.41, 5.74) is 1.48. The SMILES string of the molecule is C=Cc1c(OC)cccc1[C@@H](O)[C@@H](C=C)OC. The van der Waals surface area contributed by atoms with Crippen LogP contribution in [0.4, 0.5) is 0 Å². The lowest BCUT2D eigenvalue weighted by atomic mass is 9.97. The fourth-order valence-electron chi connectivity index (χ4n) is 1.75. The Hall–Kier alpha value is -1.58. The third kappa shape index (κ3) is 2.75. The second kappa shape index (κ2) is 6.23. The van der Waals surface area contributed by atoms with Gasteiger partial charge in [0.05, 0.1) is 7.11 Å². The molecule has 0 aliphatic rings. The molecule has 0 saturated carbocycles. The van der Waals surface area contributed by atoms with E-state index in [1.54, 1.807) is 19.3 Å². The molecule has 0 fully saturated rings. The van der Waals surface area contributed by atoms with E-state index in [-0.39, 0.29) is 0 Å². The average Bonchev–Trinajstić information content (AvgIpc) is 2.38. The summed E-state index contributed by atoms with van der Waals surface area (Å²) >= 11 is 0. The molecular formula is C14H18O3. The van der Waals surface area contributed by atoms with E-state index in [0.717, 1.165) is 5.56 Å². The van der Waals surface area contributed by atoms with E-state index >= 15 is 0 Å². The van der Waals surface area contributed by atoms with Crippen molar-refractivity contribution in [1.82, 2.24) is 0 Å². The quantitative estimate of drug-likeness (QED) is 0.769. The van der Waals surface area contributed by atoms with Crippen LogP contribution in [0.1, 0.15) is 17.2 Å². The average molecular weight is 234 g/mol. The molecule has 0 aliphatic carbocycles. The van der Waals surface area contributed by atoms with Crippen LogP contribution >= 0.6 is 0 Å². The van der Waals surface area contributed by atoms with Crippen LogP contribution in [0.25, 0.3) is 6.08 Å². The summed E-state index contributed by atoms with van der Waals surface area (Å²) in [5, 5.41) is 10.2. The van der Waals surface area contributed by atoms with E-state index in [9.17, 15) is 5.11 Å². The topological polar surface area (TPSA) is 38.7 Å². The van der Waals surface area contributed by atoms with Crippen molar-refractivity contribution in [3.05, 3.63) is 48.6 Å². The molecule has 0 spiro atoms. The molecule has 0 saturated heterocycles. The Morgan fingerprint density at radius 3 is 2.47 bits per heavy atom. The van der Waals surface area contributed by atoms with Gasteiger partial charge in [-0.15, -0.1) is 6.58 Å². The number of aliphatic hydroxyl groups excluding tert-OH is 1. The summed E-state index contributed by atoms with van der Waals surface area (Å²) < 4.78 is 10.4. The number of benzene rings is 1. The minimum Gasteiger partial charge on any atom is -0.496 e. The van der Waals surface area contributed by atoms with Gasteiger partial charge < -0.3 is 14.6 Å². The van der Waals surface area contributed by atoms with E-state index in [1.807, 2.05) is 18.2 Å². The highest BCUT2D eigenvalue weighted by molar-refractivity contribution is 5.60. The van der Waals surface area contributed by atoms with Crippen LogP contribution in [0.3, 0.4) is 0 Å². The maximum absolute atomic E-state index is 10.2. The Bertz CT molecular complexity index is 398. The van der Waals surface area contributed by atoms with E-state index in [2.05, 4.69) is 13.2 Å². The summed E-state index contributed by atoms with van der Waals surface area (Å²) in [6.45, 7) is 7.37. The van der Waals surface area contributed by atoms with Crippen molar-refractivity contribution >= 4 is 6.08 Å². The van der Waals surface area contributed by atoms with Crippen LogP contribution in [0.2, 0.25) is 0 Å². The number of hydrogen-bond donors (Lipinski definition) is 1. The third-order valence-electron chi connectivity index (χ3n) is 2.66. The van der Waals surface area contributed by atoms with Gasteiger partial charge in [0.1, 0.15) is 18.0 Å². The molecule has 1 aromatic carbocycles. The van der Waals surface area contributed by atoms with Crippen molar-refractivity contribution in [3.63, 3.8) is 0 Å². The maximum atomic E-state index is 10.2. The van der Waals surface area contributed by atoms with E-state index in [0.29, 0.717) is 11.3 Å².